The third-order valence-electron chi connectivity index (χ3n) is 1.86. The Kier molecular flexibility index (Phi) is 3.42. The summed E-state index contributed by atoms with van der Waals surface area (Å²) in [7, 11) is 1.81. The standard InChI is InChI=1S/C9H17N3O/c1-5-13-9(7(2)3)8-6-10-12(4)11-8/h6-7,9H,5H2,1-4H3. The Labute approximate surface area is 78.9 Å². The predicted octanol–water partition coefficient (Wildman–Crippen LogP) is 1.55. The molecular formula is C9H17N3O. The lowest BCUT2D eigenvalue weighted by Gasteiger charge is -2.17. The zero-order valence-corrected chi connectivity index (χ0v) is 8.69. The van der Waals surface area contributed by atoms with Crippen molar-refractivity contribution in [2.75, 3.05) is 6.61 Å². The Hall–Kier alpha value is -0.900. The highest BCUT2D eigenvalue weighted by molar-refractivity contribution is 4.98. The van der Waals surface area contributed by atoms with Crippen LogP contribution in [0.5, 0.6) is 0 Å². The third kappa shape index (κ3) is 2.52. The summed E-state index contributed by atoms with van der Waals surface area (Å²) in [5.74, 6) is 0.427. The van der Waals surface area contributed by atoms with Crippen LogP contribution in [0, 0.1) is 5.92 Å². The van der Waals surface area contributed by atoms with Crippen LogP contribution in [0.25, 0.3) is 0 Å². The van der Waals surface area contributed by atoms with Crippen LogP contribution >= 0.6 is 0 Å². The summed E-state index contributed by atoms with van der Waals surface area (Å²) in [4.78, 5) is 1.56. The number of hydrogen-bond acceptors (Lipinski definition) is 3. The molecule has 1 unspecified atom stereocenters. The SMILES string of the molecule is CCOC(c1cnn(C)n1)C(C)C. The summed E-state index contributed by atoms with van der Waals surface area (Å²) in [5, 5.41) is 8.26. The van der Waals surface area contributed by atoms with Gasteiger partial charge in [0.1, 0.15) is 11.8 Å². The molecule has 0 saturated heterocycles. The van der Waals surface area contributed by atoms with Crippen molar-refractivity contribution >= 4 is 0 Å². The molecule has 0 aliphatic rings. The quantitative estimate of drug-likeness (QED) is 0.711. The van der Waals surface area contributed by atoms with Crippen LogP contribution in [0.1, 0.15) is 32.6 Å². The van der Waals surface area contributed by atoms with E-state index in [0.717, 1.165) is 5.69 Å². The van der Waals surface area contributed by atoms with Crippen molar-refractivity contribution < 1.29 is 4.74 Å². The van der Waals surface area contributed by atoms with Crippen LogP contribution in [0.4, 0.5) is 0 Å². The average molecular weight is 183 g/mol. The lowest BCUT2D eigenvalue weighted by atomic mass is 10.1. The molecule has 0 amide bonds. The van der Waals surface area contributed by atoms with Crippen LogP contribution in [-0.4, -0.2) is 21.6 Å². The molecule has 0 aromatic carbocycles. The maximum atomic E-state index is 5.59. The second-order valence-electron chi connectivity index (χ2n) is 3.38. The summed E-state index contributed by atoms with van der Waals surface area (Å²) in [6.07, 6.45) is 1.83. The molecule has 0 spiro atoms. The van der Waals surface area contributed by atoms with Gasteiger partial charge in [-0.2, -0.15) is 15.0 Å². The van der Waals surface area contributed by atoms with E-state index in [1.54, 1.807) is 11.0 Å². The number of rotatable bonds is 4. The molecule has 13 heavy (non-hydrogen) atoms. The van der Waals surface area contributed by atoms with E-state index >= 15 is 0 Å². The van der Waals surface area contributed by atoms with E-state index in [1.807, 2.05) is 14.0 Å². The largest absolute Gasteiger partial charge is 0.372 e. The molecule has 0 aliphatic carbocycles. The van der Waals surface area contributed by atoms with E-state index in [9.17, 15) is 0 Å². The van der Waals surface area contributed by atoms with Crippen molar-refractivity contribution in [3.05, 3.63) is 11.9 Å². The molecule has 1 rings (SSSR count). The molecule has 0 bridgehead atoms. The number of hydrogen-bond donors (Lipinski definition) is 0. The Bertz CT molecular complexity index is 257. The molecule has 0 fully saturated rings. The van der Waals surface area contributed by atoms with Crippen LogP contribution in [0.15, 0.2) is 6.20 Å². The summed E-state index contributed by atoms with van der Waals surface area (Å²) < 4.78 is 5.59. The van der Waals surface area contributed by atoms with E-state index < -0.39 is 0 Å². The molecule has 1 atom stereocenters. The Morgan fingerprint density at radius 3 is 2.62 bits per heavy atom. The monoisotopic (exact) mass is 183 g/mol. The number of ether oxygens (including phenoxy) is 1. The molecule has 0 aliphatic heterocycles. The first-order chi connectivity index (χ1) is 6.15. The zero-order chi connectivity index (χ0) is 9.84. The van der Waals surface area contributed by atoms with Gasteiger partial charge in [-0.15, -0.1) is 0 Å². The molecule has 0 N–H and O–H groups in total. The summed E-state index contributed by atoms with van der Waals surface area (Å²) in [5.41, 5.74) is 0.916. The summed E-state index contributed by atoms with van der Waals surface area (Å²) in [6.45, 7) is 6.94. The van der Waals surface area contributed by atoms with Gasteiger partial charge in [0.05, 0.1) is 6.20 Å². The van der Waals surface area contributed by atoms with E-state index in [0.29, 0.717) is 12.5 Å². The molecule has 4 heteroatoms. The number of aryl methyl sites for hydroxylation is 1. The van der Waals surface area contributed by atoms with Crippen LogP contribution in [0.2, 0.25) is 0 Å². The van der Waals surface area contributed by atoms with Crippen molar-refractivity contribution in [3.63, 3.8) is 0 Å². The van der Waals surface area contributed by atoms with Gasteiger partial charge in [-0.1, -0.05) is 13.8 Å². The number of nitrogens with zero attached hydrogens (tertiary/aromatic N) is 3. The van der Waals surface area contributed by atoms with Crippen molar-refractivity contribution in [1.82, 2.24) is 15.0 Å². The Balaban J connectivity index is 2.75. The number of aromatic nitrogens is 3. The Morgan fingerprint density at radius 2 is 2.23 bits per heavy atom. The van der Waals surface area contributed by atoms with Crippen molar-refractivity contribution in [1.29, 1.82) is 0 Å². The Morgan fingerprint density at radius 1 is 1.54 bits per heavy atom. The maximum Gasteiger partial charge on any atom is 0.112 e. The molecule has 0 radical (unpaired) electrons. The van der Waals surface area contributed by atoms with Gasteiger partial charge in [-0.25, -0.2) is 0 Å². The zero-order valence-electron chi connectivity index (χ0n) is 8.69. The smallest absolute Gasteiger partial charge is 0.112 e. The van der Waals surface area contributed by atoms with E-state index in [1.165, 1.54) is 0 Å². The molecule has 0 saturated carbocycles. The molecular weight excluding hydrogens is 166 g/mol. The predicted molar refractivity (Wildman–Crippen MR) is 50.2 cm³/mol. The first-order valence-electron chi connectivity index (χ1n) is 4.63. The normalized spacial score (nSPS) is 13.6. The van der Waals surface area contributed by atoms with Crippen LogP contribution in [0.3, 0.4) is 0 Å². The van der Waals surface area contributed by atoms with Gasteiger partial charge >= 0.3 is 0 Å². The van der Waals surface area contributed by atoms with Crippen molar-refractivity contribution in [3.8, 4) is 0 Å². The molecule has 1 aromatic heterocycles. The van der Waals surface area contributed by atoms with Gasteiger partial charge in [-0.3, -0.25) is 0 Å². The fourth-order valence-electron chi connectivity index (χ4n) is 1.29. The first kappa shape index (κ1) is 10.2. The molecule has 1 heterocycles. The van der Waals surface area contributed by atoms with Crippen molar-refractivity contribution in [2.45, 2.75) is 26.9 Å². The molecule has 4 nitrogen and oxygen atoms in total. The third-order valence-corrected chi connectivity index (χ3v) is 1.86. The van der Waals surface area contributed by atoms with Gasteiger partial charge in [0.2, 0.25) is 0 Å². The molecule has 74 valence electrons. The fraction of sp³-hybridized carbons (Fsp3) is 0.778. The lowest BCUT2D eigenvalue weighted by molar-refractivity contribution is 0.0261. The van der Waals surface area contributed by atoms with Gasteiger partial charge in [0.25, 0.3) is 0 Å². The summed E-state index contributed by atoms with van der Waals surface area (Å²) >= 11 is 0. The average Bonchev–Trinajstić information content (AvgIpc) is 2.46. The van der Waals surface area contributed by atoms with E-state index in [4.69, 9.17) is 4.74 Å². The second kappa shape index (κ2) is 4.37. The minimum absolute atomic E-state index is 0.0682. The second-order valence-corrected chi connectivity index (χ2v) is 3.38. The summed E-state index contributed by atoms with van der Waals surface area (Å²) in [6, 6.07) is 0. The van der Waals surface area contributed by atoms with Crippen LogP contribution in [-0.2, 0) is 11.8 Å². The van der Waals surface area contributed by atoms with Gasteiger partial charge < -0.3 is 4.74 Å². The minimum atomic E-state index is 0.0682. The van der Waals surface area contributed by atoms with Gasteiger partial charge in [-0.05, 0) is 12.8 Å². The topological polar surface area (TPSA) is 39.9 Å². The highest BCUT2D eigenvalue weighted by Crippen LogP contribution is 2.22. The van der Waals surface area contributed by atoms with Gasteiger partial charge in [0.15, 0.2) is 0 Å². The van der Waals surface area contributed by atoms with E-state index in [2.05, 4.69) is 24.0 Å². The highest BCUT2D eigenvalue weighted by Gasteiger charge is 2.18. The minimum Gasteiger partial charge on any atom is -0.372 e. The highest BCUT2D eigenvalue weighted by atomic mass is 16.5. The van der Waals surface area contributed by atoms with Crippen molar-refractivity contribution in [2.24, 2.45) is 13.0 Å². The lowest BCUT2D eigenvalue weighted by Crippen LogP contribution is -2.12. The van der Waals surface area contributed by atoms with E-state index in [-0.39, 0.29) is 6.10 Å². The maximum absolute atomic E-state index is 5.59. The van der Waals surface area contributed by atoms with Gasteiger partial charge in [0, 0.05) is 13.7 Å². The fourth-order valence-corrected chi connectivity index (χ4v) is 1.29. The van der Waals surface area contributed by atoms with Crippen LogP contribution < -0.4 is 0 Å². The molecule has 1 aromatic rings. The first-order valence-corrected chi connectivity index (χ1v) is 4.63.